The number of methoxy groups -OCH3 is 1. The number of aromatic nitrogens is 2. The molecule has 3 rings (SSSR count). The summed E-state index contributed by atoms with van der Waals surface area (Å²) in [5.74, 6) is 1.94. The summed E-state index contributed by atoms with van der Waals surface area (Å²) >= 11 is 1.70. The van der Waals surface area contributed by atoms with E-state index in [1.165, 1.54) is 0 Å². The van der Waals surface area contributed by atoms with E-state index >= 15 is 0 Å². The van der Waals surface area contributed by atoms with Crippen molar-refractivity contribution in [2.45, 2.75) is 24.7 Å². The summed E-state index contributed by atoms with van der Waals surface area (Å²) < 4.78 is 10.7. The summed E-state index contributed by atoms with van der Waals surface area (Å²) in [6, 6.07) is 15.8. The predicted molar refractivity (Wildman–Crippen MR) is 106 cm³/mol. The Morgan fingerprint density at radius 3 is 2.74 bits per heavy atom. The van der Waals surface area contributed by atoms with E-state index in [1.54, 1.807) is 18.9 Å². The first kappa shape index (κ1) is 19.0. The zero-order valence-corrected chi connectivity index (χ0v) is 16.1. The van der Waals surface area contributed by atoms with Gasteiger partial charge in [0.1, 0.15) is 5.75 Å². The molecule has 3 aromatic rings. The predicted octanol–water partition coefficient (Wildman–Crippen LogP) is 4.56. The molecule has 0 aliphatic rings. The second kappa shape index (κ2) is 9.23. The van der Waals surface area contributed by atoms with Crippen molar-refractivity contribution in [3.63, 3.8) is 0 Å². The number of nitrogens with one attached hydrogen (secondary N) is 1. The largest absolute Gasteiger partial charge is 0.497 e. The monoisotopic (exact) mass is 383 g/mol. The van der Waals surface area contributed by atoms with Crippen LogP contribution in [0.2, 0.25) is 0 Å². The van der Waals surface area contributed by atoms with Gasteiger partial charge in [-0.25, -0.2) is 0 Å². The fourth-order valence-corrected chi connectivity index (χ4v) is 3.30. The van der Waals surface area contributed by atoms with E-state index in [0.717, 1.165) is 33.9 Å². The van der Waals surface area contributed by atoms with Crippen LogP contribution in [0.5, 0.6) is 5.75 Å². The van der Waals surface area contributed by atoms with Gasteiger partial charge in [0.25, 0.3) is 0 Å². The van der Waals surface area contributed by atoms with Crippen LogP contribution in [0.15, 0.2) is 57.8 Å². The number of hydrogen-bond donors (Lipinski definition) is 1. The SMILES string of the molecule is COc1ccc(SCCCC(=O)Nc2nnc(-c3cccc(C)c3)o2)cc1. The Bertz CT molecular complexity index is 893. The highest BCUT2D eigenvalue weighted by atomic mass is 32.2. The highest BCUT2D eigenvalue weighted by Crippen LogP contribution is 2.23. The molecule has 27 heavy (non-hydrogen) atoms. The lowest BCUT2D eigenvalue weighted by Crippen LogP contribution is -2.11. The molecule has 7 heteroatoms. The van der Waals surface area contributed by atoms with Gasteiger partial charge in [0, 0.05) is 16.9 Å². The number of hydrogen-bond acceptors (Lipinski definition) is 6. The minimum Gasteiger partial charge on any atom is -0.497 e. The Hall–Kier alpha value is -2.80. The molecule has 0 radical (unpaired) electrons. The molecule has 2 aromatic carbocycles. The third kappa shape index (κ3) is 5.59. The molecule has 0 spiro atoms. The number of anilines is 1. The first-order chi connectivity index (χ1) is 13.1. The molecule has 0 saturated heterocycles. The van der Waals surface area contributed by atoms with Gasteiger partial charge in [-0.1, -0.05) is 22.8 Å². The molecule has 0 saturated carbocycles. The normalized spacial score (nSPS) is 10.6. The number of carbonyl (C=O) groups excluding carboxylic acids is 1. The smallest absolute Gasteiger partial charge is 0.322 e. The molecular weight excluding hydrogens is 362 g/mol. The molecule has 6 nitrogen and oxygen atoms in total. The summed E-state index contributed by atoms with van der Waals surface area (Å²) in [5.41, 5.74) is 1.93. The fourth-order valence-electron chi connectivity index (χ4n) is 2.44. The van der Waals surface area contributed by atoms with E-state index in [9.17, 15) is 4.79 Å². The topological polar surface area (TPSA) is 77.2 Å². The van der Waals surface area contributed by atoms with Gasteiger partial charge in [0.2, 0.25) is 11.8 Å². The number of amides is 1. The van der Waals surface area contributed by atoms with Crippen molar-refractivity contribution >= 4 is 23.7 Å². The van der Waals surface area contributed by atoms with Crippen molar-refractivity contribution < 1.29 is 13.9 Å². The van der Waals surface area contributed by atoms with Gasteiger partial charge < -0.3 is 9.15 Å². The summed E-state index contributed by atoms with van der Waals surface area (Å²) in [6.45, 7) is 1.99. The van der Waals surface area contributed by atoms with Crippen LogP contribution < -0.4 is 10.1 Å². The van der Waals surface area contributed by atoms with Gasteiger partial charge >= 0.3 is 6.01 Å². The molecule has 1 heterocycles. The van der Waals surface area contributed by atoms with Crippen LogP contribution in [0.25, 0.3) is 11.5 Å². The van der Waals surface area contributed by atoms with Crippen molar-refractivity contribution in [2.75, 3.05) is 18.2 Å². The molecule has 0 fully saturated rings. The van der Waals surface area contributed by atoms with E-state index in [2.05, 4.69) is 15.5 Å². The summed E-state index contributed by atoms with van der Waals surface area (Å²) in [4.78, 5) is 13.2. The Morgan fingerprint density at radius 1 is 1.19 bits per heavy atom. The van der Waals surface area contributed by atoms with Crippen LogP contribution in [0, 0.1) is 6.92 Å². The lowest BCUT2D eigenvalue weighted by molar-refractivity contribution is -0.116. The fraction of sp³-hybridized carbons (Fsp3) is 0.250. The molecule has 1 N–H and O–H groups in total. The van der Waals surface area contributed by atoms with E-state index in [-0.39, 0.29) is 11.9 Å². The van der Waals surface area contributed by atoms with Crippen LogP contribution >= 0.6 is 11.8 Å². The van der Waals surface area contributed by atoms with E-state index in [4.69, 9.17) is 9.15 Å². The maximum absolute atomic E-state index is 12.0. The molecule has 140 valence electrons. The number of aryl methyl sites for hydroxylation is 1. The van der Waals surface area contributed by atoms with Gasteiger partial charge in [-0.05, 0) is 55.5 Å². The van der Waals surface area contributed by atoms with Crippen LogP contribution in [-0.4, -0.2) is 29.0 Å². The van der Waals surface area contributed by atoms with Gasteiger partial charge in [-0.15, -0.1) is 16.9 Å². The second-order valence-corrected chi connectivity index (χ2v) is 7.13. The average molecular weight is 383 g/mol. The number of carbonyl (C=O) groups is 1. The van der Waals surface area contributed by atoms with Gasteiger partial charge in [-0.3, -0.25) is 10.1 Å². The third-order valence-electron chi connectivity index (χ3n) is 3.81. The van der Waals surface area contributed by atoms with E-state index in [1.807, 2.05) is 55.5 Å². The molecule has 0 atom stereocenters. The Morgan fingerprint density at radius 2 is 2.00 bits per heavy atom. The molecular formula is C20H21N3O3S. The number of benzene rings is 2. The average Bonchev–Trinajstić information content (AvgIpc) is 3.14. The van der Waals surface area contributed by atoms with Gasteiger partial charge in [-0.2, -0.15) is 0 Å². The highest BCUT2D eigenvalue weighted by molar-refractivity contribution is 7.99. The van der Waals surface area contributed by atoms with Gasteiger partial charge in [0.15, 0.2) is 0 Å². The highest BCUT2D eigenvalue weighted by Gasteiger charge is 2.11. The standard InChI is InChI=1S/C20H21N3O3S/c1-14-5-3-6-15(13-14)19-22-23-20(26-19)21-18(24)7-4-12-27-17-10-8-16(25-2)9-11-17/h3,5-6,8-11,13H,4,7,12H2,1-2H3,(H,21,23,24). The Labute approximate surface area is 162 Å². The summed E-state index contributed by atoms with van der Waals surface area (Å²) in [5, 5.41) is 10.5. The first-order valence-corrected chi connectivity index (χ1v) is 9.60. The number of rotatable bonds is 8. The first-order valence-electron chi connectivity index (χ1n) is 8.61. The molecule has 1 aromatic heterocycles. The molecule has 1 amide bonds. The zero-order valence-electron chi connectivity index (χ0n) is 15.3. The van der Waals surface area contributed by atoms with Crippen molar-refractivity contribution in [2.24, 2.45) is 0 Å². The maximum atomic E-state index is 12.0. The van der Waals surface area contributed by atoms with Crippen LogP contribution in [0.3, 0.4) is 0 Å². The molecule has 0 bridgehead atoms. The number of ether oxygens (including phenoxy) is 1. The minimum absolute atomic E-state index is 0.124. The van der Waals surface area contributed by atoms with E-state index in [0.29, 0.717) is 12.3 Å². The number of thioether (sulfide) groups is 1. The van der Waals surface area contributed by atoms with Crippen molar-refractivity contribution in [1.82, 2.24) is 10.2 Å². The third-order valence-corrected chi connectivity index (χ3v) is 4.91. The molecule has 0 aliphatic carbocycles. The maximum Gasteiger partial charge on any atom is 0.322 e. The Balaban J connectivity index is 1.43. The minimum atomic E-state index is -0.134. The molecule has 0 unspecified atom stereocenters. The van der Waals surface area contributed by atoms with Crippen molar-refractivity contribution in [3.05, 3.63) is 54.1 Å². The van der Waals surface area contributed by atoms with Crippen LogP contribution in [0.1, 0.15) is 18.4 Å². The lowest BCUT2D eigenvalue weighted by atomic mass is 10.1. The summed E-state index contributed by atoms with van der Waals surface area (Å²) in [6.07, 6.45) is 1.15. The van der Waals surface area contributed by atoms with Crippen molar-refractivity contribution in [1.29, 1.82) is 0 Å². The quantitative estimate of drug-likeness (QED) is 0.454. The summed E-state index contributed by atoms with van der Waals surface area (Å²) in [7, 11) is 1.65. The van der Waals surface area contributed by atoms with Gasteiger partial charge in [0.05, 0.1) is 7.11 Å². The van der Waals surface area contributed by atoms with Crippen molar-refractivity contribution in [3.8, 4) is 17.2 Å². The zero-order chi connectivity index (χ0) is 19.1. The second-order valence-electron chi connectivity index (χ2n) is 5.96. The lowest BCUT2D eigenvalue weighted by Gasteiger charge is -2.03. The van der Waals surface area contributed by atoms with Crippen LogP contribution in [0.4, 0.5) is 6.01 Å². The Kier molecular flexibility index (Phi) is 6.49. The van der Waals surface area contributed by atoms with Crippen LogP contribution in [-0.2, 0) is 4.79 Å². The number of nitrogens with zero attached hydrogens (tertiary/aromatic N) is 2. The van der Waals surface area contributed by atoms with E-state index < -0.39 is 0 Å². The molecule has 0 aliphatic heterocycles.